The summed E-state index contributed by atoms with van der Waals surface area (Å²) in [4.78, 5) is 24.9. The van der Waals surface area contributed by atoms with Gasteiger partial charge in [0.1, 0.15) is 5.78 Å². The van der Waals surface area contributed by atoms with Gasteiger partial charge in [0.25, 0.3) is 16.6 Å². The lowest BCUT2D eigenvalue weighted by molar-refractivity contribution is -0.122. The minimum Gasteiger partial charge on any atom is -0.424 e. The van der Waals surface area contributed by atoms with Crippen LogP contribution < -0.4 is 20.7 Å². The van der Waals surface area contributed by atoms with Crippen molar-refractivity contribution >= 4 is 43.2 Å². The Balaban J connectivity index is 1.45. The second-order valence-corrected chi connectivity index (χ2v) is 23.5. The van der Waals surface area contributed by atoms with Crippen LogP contribution in [0.1, 0.15) is 86.5 Å². The molecule has 4 aromatic carbocycles. The molecule has 48 heavy (non-hydrogen) atoms. The van der Waals surface area contributed by atoms with E-state index in [0.717, 1.165) is 29.6 Å². The first-order chi connectivity index (χ1) is 22.8. The number of rotatable bonds is 17. The van der Waals surface area contributed by atoms with Crippen molar-refractivity contribution in [2.75, 3.05) is 6.61 Å². The molecular weight excluding hydrogens is 625 g/mol. The zero-order valence-electron chi connectivity index (χ0n) is 29.9. The van der Waals surface area contributed by atoms with Gasteiger partial charge in [-0.2, -0.15) is 0 Å². The van der Waals surface area contributed by atoms with Crippen molar-refractivity contribution in [1.29, 1.82) is 0 Å². The Morgan fingerprint density at radius 1 is 0.604 bits per heavy atom. The largest absolute Gasteiger partial charge is 0.424 e. The summed E-state index contributed by atoms with van der Waals surface area (Å²) in [5.74, 6) is 0.000621. The number of carbonyl (C=O) groups excluding carboxylic acids is 1. The van der Waals surface area contributed by atoms with Crippen molar-refractivity contribution in [3.63, 3.8) is 0 Å². The van der Waals surface area contributed by atoms with E-state index in [9.17, 15) is 14.7 Å². The molecule has 4 rings (SSSR count). The molecule has 0 aliphatic carbocycles. The van der Waals surface area contributed by atoms with Crippen LogP contribution in [0.5, 0.6) is 0 Å². The quantitative estimate of drug-likeness (QED) is 0.0919. The van der Waals surface area contributed by atoms with Gasteiger partial charge in [0.15, 0.2) is 0 Å². The van der Waals surface area contributed by atoms with Crippen molar-refractivity contribution in [3.05, 3.63) is 121 Å². The number of hydrogen-bond donors (Lipinski definition) is 2. The highest BCUT2D eigenvalue weighted by Gasteiger charge is 2.51. The van der Waals surface area contributed by atoms with Crippen molar-refractivity contribution in [1.82, 2.24) is 0 Å². The van der Waals surface area contributed by atoms with E-state index in [1.807, 2.05) is 48.5 Å². The summed E-state index contributed by atoms with van der Waals surface area (Å²) in [5.41, 5.74) is -1.09. The lowest BCUT2D eigenvalue weighted by Gasteiger charge is -2.43. The number of unbranched alkanes of at least 4 members (excludes halogenated alkanes) is 1. The van der Waals surface area contributed by atoms with Crippen LogP contribution in [0.2, 0.25) is 10.1 Å². The van der Waals surface area contributed by atoms with Crippen LogP contribution in [0, 0.1) is 0 Å². The van der Waals surface area contributed by atoms with Crippen molar-refractivity contribution in [2.45, 2.75) is 102 Å². The third kappa shape index (κ3) is 8.53. The normalized spacial score (nSPS) is 14.0. The molecular formula is C42H56O4Si2. The van der Waals surface area contributed by atoms with Gasteiger partial charge in [0.05, 0.1) is 5.60 Å². The molecule has 0 heterocycles. The molecule has 0 aliphatic rings. The maximum atomic E-state index is 12.5. The van der Waals surface area contributed by atoms with Crippen molar-refractivity contribution in [2.24, 2.45) is 0 Å². The second kappa shape index (κ2) is 16.0. The number of Topliss-reactive ketones (excluding diaryl/α,β-unsaturated/α-hetero) is 1. The van der Waals surface area contributed by atoms with E-state index in [1.54, 1.807) is 6.92 Å². The molecule has 4 nitrogen and oxygen atoms in total. The zero-order chi connectivity index (χ0) is 34.9. The molecule has 1 atom stereocenters. The van der Waals surface area contributed by atoms with Gasteiger partial charge in [-0.05, 0) is 63.4 Å². The number of benzene rings is 4. The highest BCUT2D eigenvalue weighted by molar-refractivity contribution is 6.99. The summed E-state index contributed by atoms with van der Waals surface area (Å²) < 4.78 is 7.08. The molecule has 0 saturated carbocycles. The third-order valence-corrected chi connectivity index (χ3v) is 19.7. The maximum absolute atomic E-state index is 12.5. The van der Waals surface area contributed by atoms with Gasteiger partial charge >= 0.3 is 0 Å². The molecule has 1 unspecified atom stereocenters. The van der Waals surface area contributed by atoms with Gasteiger partial charge in [-0.15, -0.1) is 0 Å². The van der Waals surface area contributed by atoms with Gasteiger partial charge in [0, 0.05) is 13.0 Å². The average Bonchev–Trinajstić information content (AvgIpc) is 3.07. The molecule has 0 spiro atoms. The summed E-state index contributed by atoms with van der Waals surface area (Å²) in [6.07, 6.45) is 4.28. The van der Waals surface area contributed by atoms with Gasteiger partial charge in [-0.1, -0.05) is 169 Å². The standard InChI is InChI=1S/C42H56O4Si2/c1-35(43)34-42(44,31-20-19-30-41(5,6)47(45,36-22-11-7-12-23-36)37-24-13-8-14-25-37)32-21-33-46-48(40(2,3)4,38-26-15-9-16-27-38)39-28-17-10-18-29-39/h7-18,22-29,44-45H,19-21,30-34H2,1-6H3. The number of hydrogen-bond acceptors (Lipinski definition) is 4. The molecule has 0 saturated heterocycles. The highest BCUT2D eigenvalue weighted by atomic mass is 28.4. The van der Waals surface area contributed by atoms with Gasteiger partial charge in [0.2, 0.25) is 0 Å². The number of aliphatic hydroxyl groups is 1. The number of ketones is 1. The minimum absolute atomic E-state index is 0.000621. The van der Waals surface area contributed by atoms with Gasteiger partial charge in [-0.25, -0.2) is 0 Å². The summed E-state index contributed by atoms with van der Waals surface area (Å²) in [7, 11) is -5.77. The van der Waals surface area contributed by atoms with Crippen LogP contribution in [0.3, 0.4) is 0 Å². The van der Waals surface area contributed by atoms with Crippen molar-refractivity contribution in [3.8, 4) is 0 Å². The van der Waals surface area contributed by atoms with Crippen LogP contribution in [-0.4, -0.2) is 44.5 Å². The first-order valence-corrected chi connectivity index (χ1v) is 21.4. The molecule has 0 bridgehead atoms. The van der Waals surface area contributed by atoms with E-state index in [4.69, 9.17) is 4.43 Å². The van der Waals surface area contributed by atoms with Crippen LogP contribution in [0.4, 0.5) is 0 Å². The van der Waals surface area contributed by atoms with E-state index >= 15 is 0 Å². The van der Waals surface area contributed by atoms with Crippen LogP contribution in [0.15, 0.2) is 121 Å². The molecule has 0 amide bonds. The smallest absolute Gasteiger partial charge is 0.261 e. The Morgan fingerprint density at radius 2 is 0.979 bits per heavy atom. The van der Waals surface area contributed by atoms with Gasteiger partial charge < -0.3 is 14.3 Å². The fraction of sp³-hybridized carbons (Fsp3) is 0.405. The molecule has 0 aromatic heterocycles. The predicted octanol–water partition coefficient (Wildman–Crippen LogP) is 7.15. The Labute approximate surface area is 291 Å². The van der Waals surface area contributed by atoms with E-state index in [0.29, 0.717) is 25.9 Å². The maximum Gasteiger partial charge on any atom is 0.261 e. The fourth-order valence-corrected chi connectivity index (χ4v) is 16.1. The SMILES string of the molecule is CC(=O)CC(O)(CCCCC(C)(C)[Si](O)(c1ccccc1)c1ccccc1)CCCO[Si](c1ccccc1)(c1ccccc1)C(C)(C)C. The molecule has 2 N–H and O–H groups in total. The lowest BCUT2D eigenvalue weighted by atomic mass is 9.86. The van der Waals surface area contributed by atoms with E-state index < -0.39 is 22.2 Å². The Hall–Kier alpha value is -3.14. The first kappa shape index (κ1) is 37.7. The van der Waals surface area contributed by atoms with Crippen LogP contribution in [-0.2, 0) is 9.22 Å². The monoisotopic (exact) mass is 680 g/mol. The average molecular weight is 681 g/mol. The minimum atomic E-state index is -3.10. The Morgan fingerprint density at radius 3 is 1.38 bits per heavy atom. The lowest BCUT2D eigenvalue weighted by Crippen LogP contribution is -2.66. The summed E-state index contributed by atoms with van der Waals surface area (Å²) in [6.45, 7) is 13.3. The third-order valence-electron chi connectivity index (χ3n) is 10.2. The summed E-state index contributed by atoms with van der Waals surface area (Å²) >= 11 is 0. The Bertz CT molecular complexity index is 1470. The van der Waals surface area contributed by atoms with Crippen LogP contribution in [0.25, 0.3) is 0 Å². The van der Waals surface area contributed by atoms with Crippen molar-refractivity contribution < 1.29 is 19.1 Å². The molecule has 256 valence electrons. The molecule has 6 heteroatoms. The second-order valence-electron chi connectivity index (χ2n) is 15.3. The summed E-state index contributed by atoms with van der Waals surface area (Å²) in [5, 5.41) is 15.9. The first-order valence-electron chi connectivity index (χ1n) is 17.6. The van der Waals surface area contributed by atoms with E-state index in [-0.39, 0.29) is 22.3 Å². The molecule has 0 fully saturated rings. The van der Waals surface area contributed by atoms with Crippen LogP contribution >= 0.6 is 0 Å². The van der Waals surface area contributed by atoms with E-state index in [2.05, 4.69) is 107 Å². The fourth-order valence-electron chi connectivity index (χ4n) is 7.66. The molecule has 0 aliphatic heterocycles. The number of carbonyl (C=O) groups is 1. The van der Waals surface area contributed by atoms with Gasteiger partial charge in [-0.3, -0.25) is 4.79 Å². The zero-order valence-corrected chi connectivity index (χ0v) is 31.9. The Kier molecular flexibility index (Phi) is 12.6. The molecule has 4 aromatic rings. The molecule has 0 radical (unpaired) electrons. The van der Waals surface area contributed by atoms with E-state index in [1.165, 1.54) is 10.4 Å². The topological polar surface area (TPSA) is 66.8 Å². The summed E-state index contributed by atoms with van der Waals surface area (Å²) in [6, 6.07) is 41.4. The predicted molar refractivity (Wildman–Crippen MR) is 206 cm³/mol. The highest BCUT2D eigenvalue weighted by Crippen LogP contribution is 2.41.